The number of nitrogens with two attached hydrogens (primary N) is 1. The van der Waals surface area contributed by atoms with Crippen molar-refractivity contribution in [3.05, 3.63) is 36.2 Å². The number of H-pyrrole nitrogens is 1. The number of halogens is 3. The van der Waals surface area contributed by atoms with Crippen LogP contribution in [0.2, 0.25) is 0 Å². The molecule has 0 aliphatic carbocycles. The molecule has 0 amide bonds. The standard InChI is InChI=1S/C10H8F3N3/c11-10(12,13)9-15-7(8(14)16-9)6-4-2-1-3-5-6/h1-5H,14H2,(H,15,16). The molecule has 0 atom stereocenters. The second-order valence-electron chi connectivity index (χ2n) is 3.21. The van der Waals surface area contributed by atoms with Crippen molar-refractivity contribution in [1.29, 1.82) is 0 Å². The Labute approximate surface area is 89.1 Å². The van der Waals surface area contributed by atoms with Gasteiger partial charge in [-0.25, -0.2) is 4.98 Å². The molecule has 1 aromatic carbocycles. The zero-order chi connectivity index (χ0) is 11.8. The van der Waals surface area contributed by atoms with E-state index in [4.69, 9.17) is 5.73 Å². The first-order valence-electron chi connectivity index (χ1n) is 4.46. The average molecular weight is 227 g/mol. The maximum absolute atomic E-state index is 12.3. The topological polar surface area (TPSA) is 54.7 Å². The first kappa shape index (κ1) is 10.5. The summed E-state index contributed by atoms with van der Waals surface area (Å²) in [5.41, 5.74) is 6.19. The zero-order valence-electron chi connectivity index (χ0n) is 8.05. The predicted octanol–water partition coefficient (Wildman–Crippen LogP) is 2.68. The molecular weight excluding hydrogens is 219 g/mol. The Morgan fingerprint density at radius 3 is 2.25 bits per heavy atom. The maximum Gasteiger partial charge on any atom is 0.449 e. The number of aromatic nitrogens is 2. The summed E-state index contributed by atoms with van der Waals surface area (Å²) in [6.45, 7) is 0. The van der Waals surface area contributed by atoms with Crippen LogP contribution < -0.4 is 5.73 Å². The van der Waals surface area contributed by atoms with Crippen LogP contribution in [0, 0.1) is 0 Å². The zero-order valence-corrected chi connectivity index (χ0v) is 8.05. The number of alkyl halides is 3. The van der Waals surface area contributed by atoms with Gasteiger partial charge in [-0.1, -0.05) is 30.3 Å². The molecule has 0 radical (unpaired) electrons. The van der Waals surface area contributed by atoms with Crippen LogP contribution in [-0.4, -0.2) is 9.97 Å². The highest BCUT2D eigenvalue weighted by Gasteiger charge is 2.35. The molecule has 3 nitrogen and oxygen atoms in total. The van der Waals surface area contributed by atoms with Gasteiger partial charge in [0, 0.05) is 5.56 Å². The first-order chi connectivity index (χ1) is 7.48. The van der Waals surface area contributed by atoms with Crippen molar-refractivity contribution in [1.82, 2.24) is 9.97 Å². The third kappa shape index (κ3) is 1.86. The van der Waals surface area contributed by atoms with Crippen LogP contribution in [0.25, 0.3) is 11.3 Å². The number of anilines is 1. The number of hydrogen-bond acceptors (Lipinski definition) is 2. The molecule has 1 heterocycles. The van der Waals surface area contributed by atoms with Crippen LogP contribution in [0.15, 0.2) is 30.3 Å². The number of rotatable bonds is 1. The van der Waals surface area contributed by atoms with Gasteiger partial charge in [-0.2, -0.15) is 13.2 Å². The Balaban J connectivity index is 2.48. The third-order valence-corrected chi connectivity index (χ3v) is 2.06. The van der Waals surface area contributed by atoms with Crippen molar-refractivity contribution in [2.75, 3.05) is 5.73 Å². The number of hydrogen-bond donors (Lipinski definition) is 2. The van der Waals surface area contributed by atoms with Crippen molar-refractivity contribution in [3.8, 4) is 11.3 Å². The summed E-state index contributed by atoms with van der Waals surface area (Å²) in [4.78, 5) is 5.43. The van der Waals surface area contributed by atoms with Gasteiger partial charge in [0.25, 0.3) is 0 Å². The molecule has 0 bridgehead atoms. The van der Waals surface area contributed by atoms with Crippen LogP contribution in [0.5, 0.6) is 0 Å². The molecule has 0 saturated heterocycles. The SMILES string of the molecule is Nc1nc(C(F)(F)F)[nH]c1-c1ccccc1. The largest absolute Gasteiger partial charge is 0.449 e. The van der Waals surface area contributed by atoms with E-state index < -0.39 is 12.0 Å². The van der Waals surface area contributed by atoms with Crippen LogP contribution in [0.3, 0.4) is 0 Å². The van der Waals surface area contributed by atoms with Gasteiger partial charge in [-0.05, 0) is 0 Å². The molecule has 0 unspecified atom stereocenters. The monoisotopic (exact) mass is 227 g/mol. The summed E-state index contributed by atoms with van der Waals surface area (Å²) in [6.07, 6.45) is -4.51. The van der Waals surface area contributed by atoms with Gasteiger partial charge in [0.05, 0.1) is 5.69 Å². The lowest BCUT2D eigenvalue weighted by Crippen LogP contribution is -2.07. The lowest BCUT2D eigenvalue weighted by atomic mass is 10.1. The van der Waals surface area contributed by atoms with Crippen molar-refractivity contribution in [3.63, 3.8) is 0 Å². The van der Waals surface area contributed by atoms with Crippen molar-refractivity contribution in [2.24, 2.45) is 0 Å². The second-order valence-corrected chi connectivity index (χ2v) is 3.21. The number of nitrogen functional groups attached to an aromatic ring is 1. The van der Waals surface area contributed by atoms with Gasteiger partial charge in [0.15, 0.2) is 0 Å². The minimum absolute atomic E-state index is 0.154. The van der Waals surface area contributed by atoms with E-state index >= 15 is 0 Å². The van der Waals surface area contributed by atoms with Gasteiger partial charge in [0.2, 0.25) is 5.82 Å². The van der Waals surface area contributed by atoms with Gasteiger partial charge in [-0.15, -0.1) is 0 Å². The lowest BCUT2D eigenvalue weighted by Gasteiger charge is -2.00. The molecule has 0 aliphatic heterocycles. The molecule has 2 rings (SSSR count). The van der Waals surface area contributed by atoms with Crippen LogP contribution >= 0.6 is 0 Å². The van der Waals surface area contributed by atoms with E-state index in [2.05, 4.69) is 9.97 Å². The third-order valence-electron chi connectivity index (χ3n) is 2.06. The summed E-state index contributed by atoms with van der Waals surface area (Å²) < 4.78 is 37.0. The van der Waals surface area contributed by atoms with Crippen LogP contribution in [0.4, 0.5) is 19.0 Å². The molecule has 0 fully saturated rings. The van der Waals surface area contributed by atoms with E-state index in [0.717, 1.165) is 0 Å². The normalized spacial score (nSPS) is 11.7. The molecule has 3 N–H and O–H groups in total. The Hall–Kier alpha value is -1.98. The lowest BCUT2D eigenvalue weighted by molar-refractivity contribution is -0.144. The highest BCUT2D eigenvalue weighted by Crippen LogP contribution is 2.31. The molecule has 1 aromatic heterocycles. The summed E-state index contributed by atoms with van der Waals surface area (Å²) in [5.74, 6) is -1.23. The fourth-order valence-corrected chi connectivity index (χ4v) is 1.35. The summed E-state index contributed by atoms with van der Waals surface area (Å²) >= 11 is 0. The summed E-state index contributed by atoms with van der Waals surface area (Å²) in [5, 5.41) is 0. The Kier molecular flexibility index (Phi) is 2.34. The molecule has 84 valence electrons. The van der Waals surface area contributed by atoms with Crippen LogP contribution in [-0.2, 0) is 6.18 Å². The molecule has 0 spiro atoms. The number of nitrogens with zero attached hydrogens (tertiary/aromatic N) is 1. The molecular formula is C10H8F3N3. The molecule has 2 aromatic rings. The highest BCUT2D eigenvalue weighted by molar-refractivity contribution is 5.70. The quantitative estimate of drug-likeness (QED) is 0.786. The van der Waals surface area contributed by atoms with Crippen molar-refractivity contribution < 1.29 is 13.2 Å². The number of nitrogens with one attached hydrogen (secondary N) is 1. The number of imidazole rings is 1. The van der Waals surface area contributed by atoms with Gasteiger partial charge >= 0.3 is 6.18 Å². The van der Waals surface area contributed by atoms with Crippen molar-refractivity contribution in [2.45, 2.75) is 6.18 Å². The van der Waals surface area contributed by atoms with Gasteiger partial charge in [-0.3, -0.25) is 0 Å². The van der Waals surface area contributed by atoms with Gasteiger partial charge in [0.1, 0.15) is 5.82 Å². The van der Waals surface area contributed by atoms with E-state index in [9.17, 15) is 13.2 Å². The highest BCUT2D eigenvalue weighted by atomic mass is 19.4. The van der Waals surface area contributed by atoms with Crippen LogP contribution in [0.1, 0.15) is 5.82 Å². The minimum atomic E-state index is -4.51. The number of benzene rings is 1. The average Bonchev–Trinajstić information content (AvgIpc) is 2.61. The number of aromatic amines is 1. The van der Waals surface area contributed by atoms with E-state index in [-0.39, 0.29) is 11.5 Å². The summed E-state index contributed by atoms with van der Waals surface area (Å²) in [7, 11) is 0. The van der Waals surface area contributed by atoms with E-state index in [1.165, 1.54) is 0 Å². The van der Waals surface area contributed by atoms with E-state index in [1.54, 1.807) is 30.3 Å². The van der Waals surface area contributed by atoms with Crippen molar-refractivity contribution >= 4 is 5.82 Å². The van der Waals surface area contributed by atoms with E-state index in [0.29, 0.717) is 5.56 Å². The Bertz CT molecular complexity index is 488. The van der Waals surface area contributed by atoms with Gasteiger partial charge < -0.3 is 10.7 Å². The predicted molar refractivity (Wildman–Crippen MR) is 53.4 cm³/mol. The fourth-order valence-electron chi connectivity index (χ4n) is 1.35. The molecule has 0 aliphatic rings. The molecule has 6 heteroatoms. The second kappa shape index (κ2) is 3.55. The van der Waals surface area contributed by atoms with E-state index in [1.807, 2.05) is 0 Å². The Morgan fingerprint density at radius 1 is 1.12 bits per heavy atom. The smallest absolute Gasteiger partial charge is 0.382 e. The minimum Gasteiger partial charge on any atom is -0.382 e. The maximum atomic E-state index is 12.3. The fraction of sp³-hybridized carbons (Fsp3) is 0.100. The Morgan fingerprint density at radius 2 is 1.75 bits per heavy atom. The summed E-state index contributed by atoms with van der Waals surface area (Å²) in [6, 6.07) is 8.50. The molecule has 16 heavy (non-hydrogen) atoms. The first-order valence-corrected chi connectivity index (χ1v) is 4.46. The molecule has 0 saturated carbocycles.